The van der Waals surface area contributed by atoms with Crippen LogP contribution in [0.25, 0.3) is 21.5 Å². The van der Waals surface area contributed by atoms with E-state index in [9.17, 15) is 74.8 Å². The van der Waals surface area contributed by atoms with Gasteiger partial charge in [0, 0.05) is 79.4 Å². The first-order valence-corrected chi connectivity index (χ1v) is 37.5. The second-order valence-corrected chi connectivity index (χ2v) is 29.4. The molecule has 95 heavy (non-hydrogen) atoms. The second kappa shape index (κ2) is 35.8. The molecule has 28 nitrogen and oxygen atoms in total. The Morgan fingerprint density at radius 1 is 0.505 bits per heavy atom. The molecule has 0 radical (unpaired) electrons. The highest BCUT2D eigenvalue weighted by Gasteiger charge is 2.49. The maximum Gasteiger partial charge on any atom is 0.303 e. The van der Waals surface area contributed by atoms with Crippen molar-refractivity contribution in [3.8, 4) is 0 Å². The molecule has 0 bridgehead atoms. The van der Waals surface area contributed by atoms with Crippen LogP contribution in [0.3, 0.4) is 0 Å². The van der Waals surface area contributed by atoms with Gasteiger partial charge in [0.1, 0.15) is 47.1 Å². The first-order valence-electron chi connectivity index (χ1n) is 30.3. The van der Waals surface area contributed by atoms with Crippen LogP contribution < -0.4 is 4.90 Å². The zero-order valence-electron chi connectivity index (χ0n) is 53.1. The van der Waals surface area contributed by atoms with E-state index in [1.165, 1.54) is 18.2 Å². The largest absolute Gasteiger partial charge is 0.748 e. The molecule has 33 heteroatoms. The van der Waals surface area contributed by atoms with Gasteiger partial charge in [0.05, 0.1) is 128 Å². The number of methoxy groups -OCH3 is 2. The van der Waals surface area contributed by atoms with Crippen molar-refractivity contribution in [1.82, 2.24) is 0 Å². The molecule has 0 spiro atoms. The first-order chi connectivity index (χ1) is 44.9. The summed E-state index contributed by atoms with van der Waals surface area (Å²) in [5.74, 6) is -1.82. The molecule has 2 aliphatic heterocycles. The van der Waals surface area contributed by atoms with Crippen molar-refractivity contribution in [2.75, 3.05) is 144 Å². The van der Waals surface area contributed by atoms with Gasteiger partial charge in [-0.1, -0.05) is 42.9 Å². The number of rotatable bonds is 45. The van der Waals surface area contributed by atoms with E-state index in [0.717, 1.165) is 12.1 Å². The van der Waals surface area contributed by atoms with Crippen LogP contribution in [0.2, 0.25) is 0 Å². The predicted molar refractivity (Wildman–Crippen MR) is 341 cm³/mol. The Morgan fingerprint density at radius 3 is 1.45 bits per heavy atom. The van der Waals surface area contributed by atoms with Gasteiger partial charge in [-0.3, -0.25) is 4.79 Å². The number of carboxylic acid groups (broad SMARTS) is 1. The summed E-state index contributed by atoms with van der Waals surface area (Å²) in [7, 11) is -23.3. The lowest BCUT2D eigenvalue weighted by Crippen LogP contribution is -2.33. The van der Waals surface area contributed by atoms with Gasteiger partial charge in [0.15, 0.2) is 12.3 Å². The van der Waals surface area contributed by atoms with Crippen molar-refractivity contribution in [1.29, 1.82) is 0 Å². The number of benzene rings is 4. The van der Waals surface area contributed by atoms with Crippen molar-refractivity contribution in [3.05, 3.63) is 108 Å². The van der Waals surface area contributed by atoms with Crippen LogP contribution in [0.1, 0.15) is 69.9 Å². The number of carboxylic acids is 1. The summed E-state index contributed by atoms with van der Waals surface area (Å²) >= 11 is 0. The molecular weight excluding hydrogens is 1350 g/mol. The summed E-state index contributed by atoms with van der Waals surface area (Å²) in [6.45, 7) is 7.94. The summed E-state index contributed by atoms with van der Waals surface area (Å²) < 4.78 is 240. The van der Waals surface area contributed by atoms with Gasteiger partial charge < -0.3 is 75.4 Å². The highest BCUT2D eigenvalue weighted by atomic mass is 32.2. The standard InChI is InChI=1S/C62H84N2O26S5/c1-61(21-13-41-91(67,68)69)56(64(24-26-85-32-34-89-39-40-90-38-36-87-30-28-83-4)53-20-18-48-50(59(53)61)42-46(92(70,71)72)44-54(48)94(76,77)78)14-9-6-5-7-10-15-57-62(2,22-25-84-31-33-88-37-35-86-29-27-82-3)60-51-43-47(93(73,74)75)45-55(95(79,80)81)49(51)17-19-52(60)63(57)23-12-8-11-16-58(65)66/h5-7,9-10,14-15,17-20,42-45H,8,11-13,16,21-41H2,1-4H3,(H5-,65,66,67,68,69,70,71,72,73,74,75,76,77,78,79,80,81)/p-4. The number of anilines is 1. The number of aliphatic carboxylic acids is 1. The van der Waals surface area contributed by atoms with Crippen LogP contribution in [0, 0.1) is 0 Å². The number of nitrogens with zero attached hydrogens (tertiary/aromatic N) is 2. The topological polar surface area (TPSA) is 413 Å². The molecule has 1 N–H and O–H groups in total. The lowest BCUT2D eigenvalue weighted by molar-refractivity contribution is -0.442. The molecule has 0 saturated heterocycles. The third kappa shape index (κ3) is 22.2. The Balaban J connectivity index is 1.41. The molecule has 0 aliphatic carbocycles. The summed E-state index contributed by atoms with van der Waals surface area (Å²) in [5, 5.41) is 8.90. The van der Waals surface area contributed by atoms with Gasteiger partial charge >= 0.3 is 5.97 Å². The number of hydrogen-bond donors (Lipinski definition) is 1. The number of unbranched alkanes of at least 4 members (excludes halogenated alkanes) is 2. The van der Waals surface area contributed by atoms with Crippen molar-refractivity contribution >= 4 is 95.2 Å². The minimum atomic E-state index is -5.44. The Hall–Kier alpha value is -5.51. The normalized spacial score (nSPS) is 17.7. The summed E-state index contributed by atoms with van der Waals surface area (Å²) in [6.07, 6.45) is 12.5. The predicted octanol–water partition coefficient (Wildman–Crippen LogP) is 5.07. The number of carbonyl (C=O) groups is 1. The Morgan fingerprint density at radius 2 is 0.968 bits per heavy atom. The molecule has 528 valence electrons. The molecule has 0 saturated carbocycles. The monoisotopic (exact) mass is 1430 g/mol. The molecule has 2 aliphatic rings. The van der Waals surface area contributed by atoms with Crippen LogP contribution in [0.15, 0.2) is 116 Å². The summed E-state index contributed by atoms with van der Waals surface area (Å²) in [5.41, 5.74) is -0.221. The SMILES string of the molecule is COCCOCCOCCOCCOCC[N+]1=C(/C=C/C=C/C=C/C=C2/N(CCCCCC(=O)O)c3ccc4c(S(=O)(=O)[O-])cc(S(=O)(=O)[O-])cc4c3C2(C)CCOCCOCCOCCOC)C(C)(CCCS(=O)(=O)[O-])c2c1ccc1c(S(=O)(=O)[O-])cc(S(=O)(=O)[O-])cc21. The molecule has 2 unspecified atom stereocenters. The van der Waals surface area contributed by atoms with E-state index in [4.69, 9.17) is 42.6 Å². The third-order valence-corrected chi connectivity index (χ3v) is 20.0. The maximum absolute atomic E-state index is 12.8. The van der Waals surface area contributed by atoms with Crippen LogP contribution in [-0.2, 0) is 109 Å². The van der Waals surface area contributed by atoms with Gasteiger partial charge in [-0.05, 0) is 110 Å². The van der Waals surface area contributed by atoms with E-state index in [2.05, 4.69) is 0 Å². The quantitative estimate of drug-likeness (QED) is 0.0261. The minimum Gasteiger partial charge on any atom is -0.748 e. The fourth-order valence-electron chi connectivity index (χ4n) is 11.5. The van der Waals surface area contributed by atoms with E-state index < -0.39 is 92.7 Å². The fourth-order valence-corrected chi connectivity index (χ4v) is 14.7. The molecule has 6 rings (SSSR count). The van der Waals surface area contributed by atoms with Gasteiger partial charge in [0.2, 0.25) is 5.69 Å². The summed E-state index contributed by atoms with van der Waals surface area (Å²) in [4.78, 5) is 9.50. The highest BCUT2D eigenvalue weighted by Crippen LogP contribution is 2.54. The maximum atomic E-state index is 12.8. The van der Waals surface area contributed by atoms with Crippen molar-refractivity contribution in [2.24, 2.45) is 0 Å². The van der Waals surface area contributed by atoms with E-state index in [1.807, 2.05) is 11.8 Å². The van der Waals surface area contributed by atoms with Crippen LogP contribution in [0.4, 0.5) is 11.4 Å². The summed E-state index contributed by atoms with van der Waals surface area (Å²) in [6, 6.07) is 8.76. The average molecular weight is 1430 g/mol. The molecule has 4 aromatic carbocycles. The minimum absolute atomic E-state index is 0.00212. The van der Waals surface area contributed by atoms with E-state index in [0.29, 0.717) is 106 Å². The van der Waals surface area contributed by atoms with E-state index in [-0.39, 0.29) is 125 Å². The van der Waals surface area contributed by atoms with Crippen molar-refractivity contribution in [3.63, 3.8) is 0 Å². The number of hydrogen-bond acceptors (Lipinski definition) is 26. The molecular formula is C62H80N2O26S5-4. The van der Waals surface area contributed by atoms with Gasteiger partial charge in [-0.2, -0.15) is 4.58 Å². The molecule has 4 aromatic rings. The molecule has 0 amide bonds. The zero-order chi connectivity index (χ0) is 69.7. The first kappa shape index (κ1) is 78.5. The highest BCUT2D eigenvalue weighted by molar-refractivity contribution is 7.87. The Kier molecular flexibility index (Phi) is 29.6. The van der Waals surface area contributed by atoms with Crippen molar-refractivity contribution < 1.29 is 122 Å². The van der Waals surface area contributed by atoms with Crippen LogP contribution >= 0.6 is 0 Å². The number of fused-ring (bicyclic) bond motifs is 6. The third-order valence-electron chi connectivity index (χ3n) is 15.8. The molecule has 2 heterocycles. The number of allylic oxidation sites excluding steroid dienone is 8. The fraction of sp³-hybridized carbons (Fsp3) is 0.516. The smallest absolute Gasteiger partial charge is 0.303 e. The molecule has 0 fully saturated rings. The average Bonchev–Trinajstić information content (AvgIpc) is 1.60. The van der Waals surface area contributed by atoms with E-state index in [1.54, 1.807) is 74.3 Å². The number of ether oxygens (including phenoxy) is 9. The lowest BCUT2D eigenvalue weighted by Gasteiger charge is -2.31. The van der Waals surface area contributed by atoms with Gasteiger partial charge in [-0.15, -0.1) is 0 Å². The molecule has 0 aromatic heterocycles. The van der Waals surface area contributed by atoms with Crippen molar-refractivity contribution in [2.45, 2.75) is 89.2 Å². The Labute approximate surface area is 554 Å². The Bertz CT molecular complexity index is 4060. The zero-order valence-corrected chi connectivity index (χ0v) is 57.2. The van der Waals surface area contributed by atoms with Crippen LogP contribution in [-0.4, -0.2) is 225 Å². The van der Waals surface area contributed by atoms with Crippen LogP contribution in [0.5, 0.6) is 0 Å². The van der Waals surface area contributed by atoms with Gasteiger partial charge in [0.25, 0.3) is 0 Å². The van der Waals surface area contributed by atoms with E-state index >= 15 is 0 Å². The second-order valence-electron chi connectivity index (χ2n) is 22.4. The van der Waals surface area contributed by atoms with Gasteiger partial charge in [-0.25, -0.2) is 42.1 Å². The lowest BCUT2D eigenvalue weighted by atomic mass is 9.74. The molecule has 2 atom stereocenters.